The molecule has 0 saturated heterocycles. The number of furan rings is 1. The molecule has 2 aromatic rings. The number of benzene rings is 1. The SMILES string of the molecule is CC(CO)c1coc2cc(O)ccc12. The van der Waals surface area contributed by atoms with Crippen LogP contribution in [0.15, 0.2) is 28.9 Å². The van der Waals surface area contributed by atoms with Gasteiger partial charge in [0.05, 0.1) is 6.26 Å². The Kier molecular flexibility index (Phi) is 2.17. The van der Waals surface area contributed by atoms with Crippen LogP contribution in [0.1, 0.15) is 18.4 Å². The van der Waals surface area contributed by atoms with Crippen molar-refractivity contribution in [1.29, 1.82) is 0 Å². The second-order valence-corrected chi connectivity index (χ2v) is 3.46. The molecule has 0 amide bonds. The molecule has 0 saturated carbocycles. The summed E-state index contributed by atoms with van der Waals surface area (Å²) in [5.41, 5.74) is 1.63. The van der Waals surface area contributed by atoms with Crippen LogP contribution in [0.3, 0.4) is 0 Å². The van der Waals surface area contributed by atoms with Crippen molar-refractivity contribution in [3.8, 4) is 5.75 Å². The van der Waals surface area contributed by atoms with Crippen molar-refractivity contribution >= 4 is 11.0 Å². The molecule has 2 N–H and O–H groups in total. The molecule has 14 heavy (non-hydrogen) atoms. The van der Waals surface area contributed by atoms with Gasteiger partial charge in [0.15, 0.2) is 0 Å². The first-order valence-corrected chi connectivity index (χ1v) is 4.53. The minimum atomic E-state index is 0.0563. The van der Waals surface area contributed by atoms with E-state index in [1.54, 1.807) is 24.5 Å². The number of phenolic OH excluding ortho intramolecular Hbond substituents is 1. The number of aliphatic hydroxyl groups is 1. The number of fused-ring (bicyclic) bond motifs is 1. The largest absolute Gasteiger partial charge is 0.508 e. The zero-order valence-electron chi connectivity index (χ0n) is 7.90. The zero-order valence-corrected chi connectivity index (χ0v) is 7.90. The number of phenols is 1. The number of rotatable bonds is 2. The van der Waals surface area contributed by atoms with Gasteiger partial charge in [0.1, 0.15) is 11.3 Å². The number of hydrogen-bond acceptors (Lipinski definition) is 3. The van der Waals surface area contributed by atoms with Gasteiger partial charge in [-0.05, 0) is 12.1 Å². The third kappa shape index (κ3) is 1.36. The summed E-state index contributed by atoms with van der Waals surface area (Å²) in [7, 11) is 0. The smallest absolute Gasteiger partial charge is 0.137 e. The van der Waals surface area contributed by atoms with Crippen LogP contribution < -0.4 is 0 Å². The first-order valence-electron chi connectivity index (χ1n) is 4.53. The summed E-state index contributed by atoms with van der Waals surface area (Å²) in [6.45, 7) is 2.02. The lowest BCUT2D eigenvalue weighted by Crippen LogP contribution is -1.96. The maximum atomic E-state index is 9.23. The number of hydrogen-bond donors (Lipinski definition) is 2. The predicted octanol–water partition coefficient (Wildman–Crippen LogP) is 2.23. The van der Waals surface area contributed by atoms with Crippen molar-refractivity contribution in [2.45, 2.75) is 12.8 Å². The van der Waals surface area contributed by atoms with Crippen molar-refractivity contribution in [3.05, 3.63) is 30.0 Å². The first-order chi connectivity index (χ1) is 6.72. The van der Waals surface area contributed by atoms with Gasteiger partial charge in [-0.15, -0.1) is 0 Å². The Bertz CT molecular complexity index is 445. The van der Waals surface area contributed by atoms with Crippen molar-refractivity contribution < 1.29 is 14.6 Å². The van der Waals surface area contributed by atoms with E-state index in [1.165, 1.54) is 0 Å². The molecule has 0 aliphatic rings. The topological polar surface area (TPSA) is 53.6 Å². The molecule has 0 aliphatic heterocycles. The second kappa shape index (κ2) is 3.35. The molecule has 1 atom stereocenters. The van der Waals surface area contributed by atoms with E-state index in [-0.39, 0.29) is 18.3 Å². The van der Waals surface area contributed by atoms with E-state index in [0.29, 0.717) is 5.58 Å². The van der Waals surface area contributed by atoms with Crippen LogP contribution in [0.5, 0.6) is 5.75 Å². The molecule has 0 bridgehead atoms. The van der Waals surface area contributed by atoms with Crippen LogP contribution in [0.25, 0.3) is 11.0 Å². The molecule has 2 rings (SSSR count). The Labute approximate surface area is 81.6 Å². The van der Waals surface area contributed by atoms with Crippen LogP contribution in [0.2, 0.25) is 0 Å². The highest BCUT2D eigenvalue weighted by Gasteiger charge is 2.11. The molecule has 0 radical (unpaired) electrons. The molecule has 0 fully saturated rings. The van der Waals surface area contributed by atoms with Crippen LogP contribution in [-0.2, 0) is 0 Å². The maximum absolute atomic E-state index is 9.23. The molecule has 74 valence electrons. The number of aromatic hydroxyl groups is 1. The summed E-state index contributed by atoms with van der Waals surface area (Å²) in [6, 6.07) is 4.99. The highest BCUT2D eigenvalue weighted by atomic mass is 16.3. The summed E-state index contributed by atoms with van der Waals surface area (Å²) < 4.78 is 5.28. The quantitative estimate of drug-likeness (QED) is 0.767. The second-order valence-electron chi connectivity index (χ2n) is 3.46. The molecule has 0 spiro atoms. The molecule has 1 heterocycles. The molecule has 1 aromatic heterocycles. The summed E-state index contributed by atoms with van der Waals surface area (Å²) in [5.74, 6) is 0.246. The van der Waals surface area contributed by atoms with Crippen LogP contribution >= 0.6 is 0 Å². The van der Waals surface area contributed by atoms with E-state index in [9.17, 15) is 5.11 Å². The van der Waals surface area contributed by atoms with Gasteiger partial charge in [-0.3, -0.25) is 0 Å². The molecular formula is C11H12O3. The first kappa shape index (κ1) is 9.09. The summed E-state index contributed by atoms with van der Waals surface area (Å²) >= 11 is 0. The molecule has 3 heteroatoms. The van der Waals surface area contributed by atoms with Gasteiger partial charge in [0.2, 0.25) is 0 Å². The van der Waals surface area contributed by atoms with Crippen molar-refractivity contribution in [2.75, 3.05) is 6.61 Å². The van der Waals surface area contributed by atoms with Gasteiger partial charge in [-0.2, -0.15) is 0 Å². The fourth-order valence-electron chi connectivity index (χ4n) is 1.52. The fraction of sp³-hybridized carbons (Fsp3) is 0.273. The highest BCUT2D eigenvalue weighted by molar-refractivity contribution is 5.82. The van der Waals surface area contributed by atoms with Gasteiger partial charge >= 0.3 is 0 Å². The summed E-state index contributed by atoms with van der Waals surface area (Å²) in [5, 5.41) is 19.2. The average Bonchev–Trinajstić information content (AvgIpc) is 2.59. The van der Waals surface area contributed by atoms with Crippen LogP contribution in [-0.4, -0.2) is 16.8 Å². The third-order valence-corrected chi connectivity index (χ3v) is 2.39. The standard InChI is InChI=1S/C11H12O3/c1-7(5-12)10-6-14-11-4-8(13)2-3-9(10)11/h2-4,6-7,12-13H,5H2,1H3. The predicted molar refractivity (Wildman–Crippen MR) is 53.4 cm³/mol. The van der Waals surface area contributed by atoms with Crippen molar-refractivity contribution in [1.82, 2.24) is 0 Å². The van der Waals surface area contributed by atoms with E-state index in [2.05, 4.69) is 0 Å². The van der Waals surface area contributed by atoms with Gasteiger partial charge in [0, 0.05) is 29.5 Å². The van der Waals surface area contributed by atoms with Crippen molar-refractivity contribution in [3.63, 3.8) is 0 Å². The van der Waals surface area contributed by atoms with E-state index < -0.39 is 0 Å². The monoisotopic (exact) mass is 192 g/mol. The lowest BCUT2D eigenvalue weighted by molar-refractivity contribution is 0.273. The summed E-state index contributed by atoms with van der Waals surface area (Å²) in [6.07, 6.45) is 1.63. The summed E-state index contributed by atoms with van der Waals surface area (Å²) in [4.78, 5) is 0. The molecule has 3 nitrogen and oxygen atoms in total. The Morgan fingerprint density at radius 3 is 2.93 bits per heavy atom. The van der Waals surface area contributed by atoms with Gasteiger partial charge in [-0.25, -0.2) is 0 Å². The molecule has 0 aliphatic carbocycles. The third-order valence-electron chi connectivity index (χ3n) is 2.39. The highest BCUT2D eigenvalue weighted by Crippen LogP contribution is 2.29. The normalized spacial score (nSPS) is 13.3. The maximum Gasteiger partial charge on any atom is 0.137 e. The van der Waals surface area contributed by atoms with Gasteiger partial charge in [-0.1, -0.05) is 6.92 Å². The van der Waals surface area contributed by atoms with Gasteiger partial charge < -0.3 is 14.6 Å². The minimum Gasteiger partial charge on any atom is -0.508 e. The van der Waals surface area contributed by atoms with Crippen LogP contribution in [0, 0.1) is 0 Å². The Balaban J connectivity index is 2.58. The molecular weight excluding hydrogens is 180 g/mol. The molecule has 1 unspecified atom stereocenters. The average molecular weight is 192 g/mol. The zero-order chi connectivity index (χ0) is 10.1. The van der Waals surface area contributed by atoms with E-state index in [1.807, 2.05) is 6.92 Å². The minimum absolute atomic E-state index is 0.0563. The lowest BCUT2D eigenvalue weighted by Gasteiger charge is -2.04. The Morgan fingerprint density at radius 1 is 1.43 bits per heavy atom. The fourth-order valence-corrected chi connectivity index (χ4v) is 1.52. The van der Waals surface area contributed by atoms with E-state index in [4.69, 9.17) is 9.52 Å². The van der Waals surface area contributed by atoms with E-state index in [0.717, 1.165) is 10.9 Å². The van der Waals surface area contributed by atoms with Crippen LogP contribution in [0.4, 0.5) is 0 Å². The molecule has 1 aromatic carbocycles. The van der Waals surface area contributed by atoms with Crippen molar-refractivity contribution in [2.24, 2.45) is 0 Å². The lowest BCUT2D eigenvalue weighted by atomic mass is 10.0. The van der Waals surface area contributed by atoms with Gasteiger partial charge in [0.25, 0.3) is 0 Å². The van der Waals surface area contributed by atoms with E-state index >= 15 is 0 Å². The Hall–Kier alpha value is -1.48. The number of aliphatic hydroxyl groups excluding tert-OH is 1. The Morgan fingerprint density at radius 2 is 2.21 bits per heavy atom.